The molecule has 0 unspecified atom stereocenters. The lowest BCUT2D eigenvalue weighted by molar-refractivity contribution is -0.931. The van der Waals surface area contributed by atoms with Crippen LogP contribution in [0.1, 0.15) is 55.1 Å². The number of likely N-dealkylation sites (tertiary alicyclic amines) is 1. The van der Waals surface area contributed by atoms with Gasteiger partial charge in [0.1, 0.15) is 0 Å². The molecule has 2 saturated heterocycles. The van der Waals surface area contributed by atoms with Crippen LogP contribution in [0.2, 0.25) is 0 Å². The Kier molecular flexibility index (Phi) is 5.35. The van der Waals surface area contributed by atoms with Gasteiger partial charge in [-0.3, -0.25) is 4.79 Å². The number of nitrogens with one attached hydrogen (secondary N) is 2. The van der Waals surface area contributed by atoms with Gasteiger partial charge in [0.25, 0.3) is 5.56 Å². The molecule has 2 fully saturated rings. The summed E-state index contributed by atoms with van der Waals surface area (Å²) < 4.78 is 7.68. The third-order valence-electron chi connectivity index (χ3n) is 6.46. The number of tetrazole rings is 1. The van der Waals surface area contributed by atoms with Crippen LogP contribution in [-0.4, -0.2) is 51.0 Å². The summed E-state index contributed by atoms with van der Waals surface area (Å²) >= 11 is 0. The normalized spacial score (nSPS) is 21.3. The number of pyridine rings is 1. The summed E-state index contributed by atoms with van der Waals surface area (Å²) in [6, 6.07) is 7.97. The molecule has 0 radical (unpaired) electrons. The number of aromatic amines is 1. The third kappa shape index (κ3) is 3.77. The van der Waals surface area contributed by atoms with Crippen LogP contribution in [0.25, 0.3) is 10.9 Å². The van der Waals surface area contributed by atoms with Crippen LogP contribution in [0.5, 0.6) is 0 Å². The zero-order chi connectivity index (χ0) is 20.5. The largest absolute Gasteiger partial charge is 0.376 e. The molecule has 0 amide bonds. The smallest absolute Gasteiger partial charge is 0.258 e. The quantitative estimate of drug-likeness (QED) is 0.660. The highest BCUT2D eigenvalue weighted by Crippen LogP contribution is 2.21. The number of rotatable bonds is 5. The molecule has 2 N–H and O–H groups in total. The van der Waals surface area contributed by atoms with Crippen LogP contribution in [0, 0.1) is 6.92 Å². The number of aryl methyl sites for hydroxylation is 1. The first-order valence-electron chi connectivity index (χ1n) is 11.0. The molecule has 2 aromatic heterocycles. The van der Waals surface area contributed by atoms with Crippen molar-refractivity contribution in [1.82, 2.24) is 25.2 Å². The van der Waals surface area contributed by atoms with Gasteiger partial charge in [0.2, 0.25) is 5.82 Å². The van der Waals surface area contributed by atoms with E-state index in [0.717, 1.165) is 67.7 Å². The number of hydrogen-bond acceptors (Lipinski definition) is 5. The average Bonchev–Trinajstić information content (AvgIpc) is 3.43. The van der Waals surface area contributed by atoms with Crippen LogP contribution in [0.3, 0.4) is 0 Å². The fourth-order valence-corrected chi connectivity index (χ4v) is 4.92. The van der Waals surface area contributed by atoms with Crippen molar-refractivity contribution < 1.29 is 9.64 Å². The standard InChI is InChI=1S/C22H28N6O2/c1-15-7-8-19-16(12-15)13-18(22(29)23-19)20(27-9-3-2-4-10-27)21-24-25-26-28(21)14-17-6-5-11-30-17/h7-8,12-13,17,20H,2-6,9-11,14H2,1H3,(H,23,29)/p+1/t17-,20-/m0/s1. The van der Waals surface area contributed by atoms with Gasteiger partial charge in [-0.25, -0.2) is 4.68 Å². The monoisotopic (exact) mass is 409 g/mol. The number of ether oxygens (including phenoxy) is 1. The van der Waals surface area contributed by atoms with E-state index in [2.05, 4.69) is 33.5 Å². The van der Waals surface area contributed by atoms with Gasteiger partial charge < -0.3 is 14.6 Å². The molecule has 2 aliphatic rings. The Labute approximate surface area is 175 Å². The first kappa shape index (κ1) is 19.4. The Morgan fingerprint density at radius 1 is 1.23 bits per heavy atom. The molecular weight excluding hydrogens is 380 g/mol. The molecule has 8 heteroatoms. The first-order chi connectivity index (χ1) is 14.7. The van der Waals surface area contributed by atoms with Gasteiger partial charge in [-0.15, -0.1) is 5.10 Å². The van der Waals surface area contributed by atoms with E-state index in [1.54, 1.807) is 0 Å². The molecule has 2 aliphatic heterocycles. The molecule has 8 nitrogen and oxygen atoms in total. The highest BCUT2D eigenvalue weighted by molar-refractivity contribution is 5.79. The summed E-state index contributed by atoms with van der Waals surface area (Å²) in [7, 11) is 0. The van der Waals surface area contributed by atoms with Crippen molar-refractivity contribution in [2.24, 2.45) is 0 Å². The van der Waals surface area contributed by atoms with E-state index in [4.69, 9.17) is 4.74 Å². The molecule has 0 saturated carbocycles. The van der Waals surface area contributed by atoms with Crippen molar-refractivity contribution >= 4 is 10.9 Å². The van der Waals surface area contributed by atoms with E-state index in [0.29, 0.717) is 6.54 Å². The van der Waals surface area contributed by atoms with Crippen LogP contribution in [0.15, 0.2) is 29.1 Å². The summed E-state index contributed by atoms with van der Waals surface area (Å²) in [5, 5.41) is 13.7. The van der Waals surface area contributed by atoms with Gasteiger partial charge in [-0.1, -0.05) is 11.6 Å². The van der Waals surface area contributed by atoms with Crippen molar-refractivity contribution in [3.8, 4) is 0 Å². The number of hydrogen-bond donors (Lipinski definition) is 2. The Bertz CT molecular complexity index is 1080. The van der Waals surface area contributed by atoms with E-state index in [1.807, 2.05) is 22.9 Å². The van der Waals surface area contributed by atoms with E-state index in [1.165, 1.54) is 16.9 Å². The molecule has 5 rings (SSSR count). The molecule has 0 bridgehead atoms. The summed E-state index contributed by atoms with van der Waals surface area (Å²) in [6.07, 6.45) is 5.79. The lowest BCUT2D eigenvalue weighted by atomic mass is 10.00. The van der Waals surface area contributed by atoms with Crippen molar-refractivity contribution in [2.75, 3.05) is 19.7 Å². The molecule has 3 aromatic rings. The second kappa shape index (κ2) is 8.28. The Morgan fingerprint density at radius 3 is 2.90 bits per heavy atom. The molecule has 1 aromatic carbocycles. The minimum absolute atomic E-state index is 0.0545. The van der Waals surface area contributed by atoms with E-state index < -0.39 is 0 Å². The zero-order valence-corrected chi connectivity index (χ0v) is 17.4. The van der Waals surface area contributed by atoms with Gasteiger partial charge in [-0.05, 0) is 73.0 Å². The van der Waals surface area contributed by atoms with Crippen molar-refractivity contribution in [3.05, 3.63) is 51.6 Å². The average molecular weight is 410 g/mol. The Morgan fingerprint density at radius 2 is 2.10 bits per heavy atom. The van der Waals surface area contributed by atoms with Crippen LogP contribution in [-0.2, 0) is 11.3 Å². The fourth-order valence-electron chi connectivity index (χ4n) is 4.92. The van der Waals surface area contributed by atoms with Crippen LogP contribution >= 0.6 is 0 Å². The number of benzene rings is 1. The number of nitrogens with zero attached hydrogens (tertiary/aromatic N) is 4. The summed E-state index contributed by atoms with van der Waals surface area (Å²) in [6.45, 7) is 5.54. The minimum atomic E-state index is -0.185. The Hall–Kier alpha value is -2.58. The number of quaternary nitrogens is 1. The molecule has 0 aliphatic carbocycles. The summed E-state index contributed by atoms with van der Waals surface area (Å²) in [5.41, 5.74) is 2.72. The SMILES string of the molecule is Cc1ccc2[nH]c(=O)c([C@@H](c3nnnn3C[C@@H]3CCCO3)[NH+]3CCCCC3)cc2c1. The number of piperidine rings is 1. The lowest BCUT2D eigenvalue weighted by Gasteiger charge is -2.30. The van der Waals surface area contributed by atoms with Gasteiger partial charge in [0, 0.05) is 12.1 Å². The lowest BCUT2D eigenvalue weighted by Crippen LogP contribution is -3.13. The highest BCUT2D eigenvalue weighted by atomic mass is 16.5. The van der Waals surface area contributed by atoms with Crippen LogP contribution in [0.4, 0.5) is 0 Å². The van der Waals surface area contributed by atoms with Crippen molar-refractivity contribution in [3.63, 3.8) is 0 Å². The zero-order valence-electron chi connectivity index (χ0n) is 17.4. The molecule has 0 spiro atoms. The molecular formula is C22H29N6O2+. The van der Waals surface area contributed by atoms with E-state index >= 15 is 0 Å². The Balaban J connectivity index is 1.60. The topological polar surface area (TPSA) is 90.1 Å². The van der Waals surface area contributed by atoms with Gasteiger partial charge >= 0.3 is 0 Å². The first-order valence-corrected chi connectivity index (χ1v) is 11.0. The summed E-state index contributed by atoms with van der Waals surface area (Å²) in [4.78, 5) is 17.6. The summed E-state index contributed by atoms with van der Waals surface area (Å²) in [5.74, 6) is 0.764. The minimum Gasteiger partial charge on any atom is -0.376 e. The van der Waals surface area contributed by atoms with Gasteiger partial charge in [-0.2, -0.15) is 0 Å². The van der Waals surface area contributed by atoms with Gasteiger partial charge in [0.05, 0.1) is 31.3 Å². The highest BCUT2D eigenvalue weighted by Gasteiger charge is 2.35. The van der Waals surface area contributed by atoms with Crippen LogP contribution < -0.4 is 10.5 Å². The second-order valence-corrected chi connectivity index (χ2v) is 8.65. The van der Waals surface area contributed by atoms with E-state index in [9.17, 15) is 4.79 Å². The van der Waals surface area contributed by atoms with Gasteiger partial charge in [0.15, 0.2) is 6.04 Å². The molecule has 4 heterocycles. The second-order valence-electron chi connectivity index (χ2n) is 8.65. The maximum absolute atomic E-state index is 13.2. The van der Waals surface area contributed by atoms with Crippen molar-refractivity contribution in [2.45, 2.75) is 57.7 Å². The maximum atomic E-state index is 13.2. The van der Waals surface area contributed by atoms with Crippen molar-refractivity contribution in [1.29, 1.82) is 0 Å². The molecule has 2 atom stereocenters. The predicted octanol–water partition coefficient (Wildman–Crippen LogP) is 1.16. The number of aromatic nitrogens is 5. The predicted molar refractivity (Wildman–Crippen MR) is 112 cm³/mol. The third-order valence-corrected chi connectivity index (χ3v) is 6.46. The molecule has 158 valence electrons. The molecule has 30 heavy (non-hydrogen) atoms. The van der Waals surface area contributed by atoms with E-state index in [-0.39, 0.29) is 17.7 Å². The number of H-pyrrole nitrogens is 1. The fraction of sp³-hybridized carbons (Fsp3) is 0.545. The number of fused-ring (bicyclic) bond motifs is 1. The maximum Gasteiger partial charge on any atom is 0.258 e.